The monoisotopic (exact) mass is 370 g/mol. The summed E-state index contributed by atoms with van der Waals surface area (Å²) in [6, 6.07) is 12.7. The molecular formula is C21H23FN2O3. The summed E-state index contributed by atoms with van der Waals surface area (Å²) in [4.78, 5) is 26.9. The lowest BCUT2D eigenvalue weighted by Gasteiger charge is -2.32. The van der Waals surface area contributed by atoms with E-state index in [0.29, 0.717) is 30.9 Å². The SMILES string of the molecule is CCOc1ccc(NC(=O)[C@H]2CCCN(C(=O)c3ccc(F)cc3)C2)cc1. The molecule has 27 heavy (non-hydrogen) atoms. The normalized spacial score (nSPS) is 16.7. The van der Waals surface area contributed by atoms with Crippen molar-refractivity contribution in [3.05, 3.63) is 59.9 Å². The van der Waals surface area contributed by atoms with Gasteiger partial charge in [0, 0.05) is 24.3 Å². The van der Waals surface area contributed by atoms with Gasteiger partial charge in [-0.2, -0.15) is 0 Å². The van der Waals surface area contributed by atoms with E-state index >= 15 is 0 Å². The lowest BCUT2D eigenvalue weighted by Crippen LogP contribution is -2.43. The van der Waals surface area contributed by atoms with Crippen molar-refractivity contribution in [3.63, 3.8) is 0 Å². The van der Waals surface area contributed by atoms with Crippen molar-refractivity contribution in [2.75, 3.05) is 25.0 Å². The molecule has 0 aromatic heterocycles. The van der Waals surface area contributed by atoms with Crippen molar-refractivity contribution in [2.24, 2.45) is 5.92 Å². The van der Waals surface area contributed by atoms with Crippen LogP contribution in [-0.4, -0.2) is 36.4 Å². The minimum atomic E-state index is -0.377. The summed E-state index contributed by atoms with van der Waals surface area (Å²) < 4.78 is 18.4. The van der Waals surface area contributed by atoms with E-state index in [9.17, 15) is 14.0 Å². The first kappa shape index (κ1) is 18.9. The number of benzene rings is 2. The average molecular weight is 370 g/mol. The first-order valence-electron chi connectivity index (χ1n) is 9.15. The van der Waals surface area contributed by atoms with Crippen molar-refractivity contribution in [1.29, 1.82) is 0 Å². The molecule has 1 fully saturated rings. The van der Waals surface area contributed by atoms with Gasteiger partial charge in [-0.15, -0.1) is 0 Å². The summed E-state index contributed by atoms with van der Waals surface area (Å²) >= 11 is 0. The molecule has 0 unspecified atom stereocenters. The van der Waals surface area contributed by atoms with E-state index in [1.54, 1.807) is 17.0 Å². The maximum atomic E-state index is 13.0. The predicted molar refractivity (Wildman–Crippen MR) is 101 cm³/mol. The van der Waals surface area contributed by atoms with Crippen LogP contribution in [0.25, 0.3) is 0 Å². The Labute approximate surface area is 158 Å². The highest BCUT2D eigenvalue weighted by molar-refractivity contribution is 5.96. The average Bonchev–Trinajstić information content (AvgIpc) is 2.70. The molecule has 0 radical (unpaired) electrons. The summed E-state index contributed by atoms with van der Waals surface area (Å²) in [6.07, 6.45) is 1.49. The van der Waals surface area contributed by atoms with Gasteiger partial charge in [-0.3, -0.25) is 9.59 Å². The number of piperidine rings is 1. The topological polar surface area (TPSA) is 58.6 Å². The van der Waals surface area contributed by atoms with Crippen LogP contribution in [0.4, 0.5) is 10.1 Å². The van der Waals surface area contributed by atoms with E-state index in [0.717, 1.165) is 18.6 Å². The second-order valence-electron chi connectivity index (χ2n) is 6.54. The summed E-state index contributed by atoms with van der Waals surface area (Å²) in [5.41, 5.74) is 1.13. The van der Waals surface area contributed by atoms with Gasteiger partial charge in [0.1, 0.15) is 11.6 Å². The van der Waals surface area contributed by atoms with E-state index in [1.165, 1.54) is 24.3 Å². The van der Waals surface area contributed by atoms with Gasteiger partial charge >= 0.3 is 0 Å². The Morgan fingerprint density at radius 3 is 2.52 bits per heavy atom. The molecule has 1 aliphatic heterocycles. The zero-order chi connectivity index (χ0) is 19.2. The van der Waals surface area contributed by atoms with Gasteiger partial charge in [0.05, 0.1) is 12.5 Å². The Bertz CT molecular complexity index is 790. The fourth-order valence-corrected chi connectivity index (χ4v) is 3.20. The zero-order valence-corrected chi connectivity index (χ0v) is 15.3. The molecule has 1 N–H and O–H groups in total. The number of carbonyl (C=O) groups is 2. The van der Waals surface area contributed by atoms with E-state index in [2.05, 4.69) is 5.32 Å². The first-order chi connectivity index (χ1) is 13.1. The summed E-state index contributed by atoms with van der Waals surface area (Å²) in [5.74, 6) is -0.166. The number of nitrogens with one attached hydrogen (secondary N) is 1. The van der Waals surface area contributed by atoms with Crippen LogP contribution in [0.1, 0.15) is 30.1 Å². The van der Waals surface area contributed by atoms with Crippen LogP contribution in [0.3, 0.4) is 0 Å². The van der Waals surface area contributed by atoms with Crippen LogP contribution in [0, 0.1) is 11.7 Å². The highest BCUT2D eigenvalue weighted by Gasteiger charge is 2.29. The van der Waals surface area contributed by atoms with E-state index in [1.807, 2.05) is 19.1 Å². The number of hydrogen-bond donors (Lipinski definition) is 1. The maximum absolute atomic E-state index is 13.0. The van der Waals surface area contributed by atoms with Gasteiger partial charge in [0.25, 0.3) is 5.91 Å². The Hall–Kier alpha value is -2.89. The van der Waals surface area contributed by atoms with Crippen molar-refractivity contribution in [1.82, 2.24) is 4.90 Å². The number of ether oxygens (including phenoxy) is 1. The molecule has 2 amide bonds. The molecule has 142 valence electrons. The van der Waals surface area contributed by atoms with Gasteiger partial charge in [0.15, 0.2) is 0 Å². The molecule has 0 aliphatic carbocycles. The summed E-state index contributed by atoms with van der Waals surface area (Å²) in [5, 5.41) is 2.91. The minimum Gasteiger partial charge on any atom is -0.494 e. The molecule has 5 nitrogen and oxygen atoms in total. The van der Waals surface area contributed by atoms with Gasteiger partial charge < -0.3 is 15.0 Å². The maximum Gasteiger partial charge on any atom is 0.253 e. The molecule has 0 saturated carbocycles. The molecule has 1 saturated heterocycles. The second kappa shape index (κ2) is 8.66. The molecule has 0 bridgehead atoms. The lowest BCUT2D eigenvalue weighted by atomic mass is 9.96. The third-order valence-corrected chi connectivity index (χ3v) is 4.60. The number of anilines is 1. The van der Waals surface area contributed by atoms with Gasteiger partial charge in [-0.25, -0.2) is 4.39 Å². The molecule has 0 spiro atoms. The number of rotatable bonds is 5. The molecule has 6 heteroatoms. The highest BCUT2D eigenvalue weighted by atomic mass is 19.1. The molecule has 2 aromatic carbocycles. The fraction of sp³-hybridized carbons (Fsp3) is 0.333. The van der Waals surface area contributed by atoms with E-state index < -0.39 is 0 Å². The van der Waals surface area contributed by atoms with Gasteiger partial charge in [0.2, 0.25) is 5.91 Å². The minimum absolute atomic E-state index is 0.101. The Balaban J connectivity index is 1.60. The van der Waals surface area contributed by atoms with E-state index in [-0.39, 0.29) is 23.5 Å². The Morgan fingerprint density at radius 2 is 1.85 bits per heavy atom. The zero-order valence-electron chi connectivity index (χ0n) is 15.3. The summed E-state index contributed by atoms with van der Waals surface area (Å²) in [6.45, 7) is 3.46. The number of halogens is 1. The van der Waals surface area contributed by atoms with Crippen LogP contribution in [0.2, 0.25) is 0 Å². The first-order valence-corrected chi connectivity index (χ1v) is 9.15. The number of nitrogens with zero attached hydrogens (tertiary/aromatic N) is 1. The molecule has 1 heterocycles. The third kappa shape index (κ3) is 4.84. The smallest absolute Gasteiger partial charge is 0.253 e. The van der Waals surface area contributed by atoms with Gasteiger partial charge in [-0.1, -0.05) is 0 Å². The van der Waals surface area contributed by atoms with Crippen LogP contribution in [-0.2, 0) is 4.79 Å². The number of likely N-dealkylation sites (tertiary alicyclic amines) is 1. The fourth-order valence-electron chi connectivity index (χ4n) is 3.20. The van der Waals surface area contributed by atoms with Gasteiger partial charge in [-0.05, 0) is 68.3 Å². The molecule has 2 aromatic rings. The molecule has 3 rings (SSSR count). The molecular weight excluding hydrogens is 347 g/mol. The Morgan fingerprint density at radius 1 is 1.15 bits per heavy atom. The second-order valence-corrected chi connectivity index (χ2v) is 6.54. The van der Waals surface area contributed by atoms with Crippen LogP contribution in [0.15, 0.2) is 48.5 Å². The highest BCUT2D eigenvalue weighted by Crippen LogP contribution is 2.22. The van der Waals surface area contributed by atoms with Crippen molar-refractivity contribution in [2.45, 2.75) is 19.8 Å². The number of hydrogen-bond acceptors (Lipinski definition) is 3. The number of carbonyl (C=O) groups excluding carboxylic acids is 2. The van der Waals surface area contributed by atoms with E-state index in [4.69, 9.17) is 4.74 Å². The standard InChI is InChI=1S/C21H23FN2O3/c1-2-27-19-11-9-18(10-12-19)23-20(25)16-4-3-13-24(14-16)21(26)15-5-7-17(22)8-6-15/h5-12,16H,2-4,13-14H2,1H3,(H,23,25)/t16-/m0/s1. The van der Waals surface area contributed by atoms with Crippen molar-refractivity contribution >= 4 is 17.5 Å². The molecule has 1 atom stereocenters. The van der Waals surface area contributed by atoms with Crippen LogP contribution < -0.4 is 10.1 Å². The third-order valence-electron chi connectivity index (χ3n) is 4.60. The predicted octanol–water partition coefficient (Wildman–Crippen LogP) is 3.72. The van der Waals surface area contributed by atoms with Crippen molar-refractivity contribution < 1.29 is 18.7 Å². The quantitative estimate of drug-likeness (QED) is 0.873. The largest absolute Gasteiger partial charge is 0.494 e. The lowest BCUT2D eigenvalue weighted by molar-refractivity contribution is -0.121. The van der Waals surface area contributed by atoms with Crippen molar-refractivity contribution in [3.8, 4) is 5.75 Å². The molecule has 1 aliphatic rings. The summed E-state index contributed by atoms with van der Waals surface area (Å²) in [7, 11) is 0. The Kier molecular flexibility index (Phi) is 6.06. The van der Waals surface area contributed by atoms with Crippen LogP contribution >= 0.6 is 0 Å². The van der Waals surface area contributed by atoms with Crippen LogP contribution in [0.5, 0.6) is 5.75 Å². The number of amides is 2.